The number of carbonyl (C=O) groups is 1. The van der Waals surface area contributed by atoms with Crippen molar-refractivity contribution < 1.29 is 18.0 Å². The van der Waals surface area contributed by atoms with E-state index in [0.717, 1.165) is 23.9 Å². The first-order valence-electron chi connectivity index (χ1n) is 9.74. The lowest BCUT2D eigenvalue weighted by Crippen LogP contribution is -2.19. The summed E-state index contributed by atoms with van der Waals surface area (Å²) in [6.07, 6.45) is -2.65. The van der Waals surface area contributed by atoms with Crippen LogP contribution in [-0.2, 0) is 11.0 Å². The van der Waals surface area contributed by atoms with E-state index in [0.29, 0.717) is 34.2 Å². The Kier molecular flexibility index (Phi) is 6.80. The normalized spacial score (nSPS) is 13.5. The van der Waals surface area contributed by atoms with E-state index < -0.39 is 17.6 Å². The Morgan fingerprint density at radius 1 is 1.03 bits per heavy atom. The molecule has 1 amide bonds. The number of alkyl halides is 3. The largest absolute Gasteiger partial charge is 0.418 e. The van der Waals surface area contributed by atoms with Gasteiger partial charge in [0, 0.05) is 17.6 Å². The van der Waals surface area contributed by atoms with Crippen LogP contribution < -0.4 is 5.32 Å². The van der Waals surface area contributed by atoms with Gasteiger partial charge in [-0.2, -0.15) is 13.2 Å². The molecule has 0 radical (unpaired) electrons. The van der Waals surface area contributed by atoms with Gasteiger partial charge in [-0.05, 0) is 42.5 Å². The fourth-order valence-electron chi connectivity index (χ4n) is 3.12. The Morgan fingerprint density at radius 3 is 2.45 bits per heavy atom. The van der Waals surface area contributed by atoms with E-state index in [4.69, 9.17) is 11.6 Å². The Morgan fingerprint density at radius 2 is 1.76 bits per heavy atom. The maximum absolute atomic E-state index is 13.3. The molecule has 1 aromatic heterocycles. The lowest BCUT2D eigenvalue weighted by Gasteiger charge is -2.14. The number of halogens is 4. The highest BCUT2D eigenvalue weighted by Crippen LogP contribution is 2.37. The molecule has 0 spiro atoms. The lowest BCUT2D eigenvalue weighted by atomic mass is 10.1. The number of para-hydroxylation sites is 2. The van der Waals surface area contributed by atoms with Gasteiger partial charge in [-0.15, -0.1) is 11.8 Å². The maximum atomic E-state index is 13.3. The molecule has 3 aromatic rings. The Hall–Kier alpha value is -3.17. The first kappa shape index (κ1) is 23.0. The summed E-state index contributed by atoms with van der Waals surface area (Å²) in [6.45, 7) is 0. The van der Waals surface area contributed by atoms with E-state index in [1.54, 1.807) is 12.3 Å². The minimum Gasteiger partial charge on any atom is -0.325 e. The number of pyridine rings is 1. The first-order chi connectivity index (χ1) is 15.8. The van der Waals surface area contributed by atoms with Crippen molar-refractivity contribution in [2.75, 3.05) is 11.1 Å². The second kappa shape index (κ2) is 9.76. The SMILES string of the molecule is O=C(CSC1=Nc2ccccc2N=C(c2ccccn2)C1)Nc1ccc(Cl)cc1C(F)(F)F. The number of fused-ring (bicyclic) bond motifs is 1. The van der Waals surface area contributed by atoms with Crippen molar-refractivity contribution in [3.8, 4) is 0 Å². The van der Waals surface area contributed by atoms with Gasteiger partial charge in [-0.3, -0.25) is 9.78 Å². The van der Waals surface area contributed by atoms with Crippen molar-refractivity contribution in [1.82, 2.24) is 4.98 Å². The van der Waals surface area contributed by atoms with E-state index in [1.807, 2.05) is 36.4 Å². The van der Waals surface area contributed by atoms with Crippen molar-refractivity contribution >= 4 is 57.1 Å². The molecule has 2 heterocycles. The molecule has 0 atom stereocenters. The van der Waals surface area contributed by atoms with Crippen LogP contribution in [0.3, 0.4) is 0 Å². The Bertz CT molecular complexity index is 1250. The number of benzene rings is 2. The molecule has 1 aliphatic heterocycles. The van der Waals surface area contributed by atoms with Gasteiger partial charge in [0.1, 0.15) is 0 Å². The van der Waals surface area contributed by atoms with Gasteiger partial charge in [0.05, 0.1) is 44.8 Å². The van der Waals surface area contributed by atoms with Crippen LogP contribution >= 0.6 is 23.4 Å². The molecule has 4 rings (SSSR count). The second-order valence-corrected chi connectivity index (χ2v) is 8.45. The number of rotatable bonds is 4. The van der Waals surface area contributed by atoms with Gasteiger partial charge in [0.15, 0.2) is 0 Å². The van der Waals surface area contributed by atoms with Crippen LogP contribution in [0.2, 0.25) is 5.02 Å². The van der Waals surface area contributed by atoms with Crippen molar-refractivity contribution in [2.45, 2.75) is 12.6 Å². The summed E-state index contributed by atoms with van der Waals surface area (Å²) in [5.41, 5.74) is 1.34. The topological polar surface area (TPSA) is 66.7 Å². The molecule has 1 N–H and O–H groups in total. The van der Waals surface area contributed by atoms with E-state index in [1.165, 1.54) is 6.07 Å². The quantitative estimate of drug-likeness (QED) is 0.445. The average Bonchev–Trinajstić information content (AvgIpc) is 2.98. The molecule has 0 saturated heterocycles. The van der Waals surface area contributed by atoms with E-state index in [-0.39, 0.29) is 16.5 Å². The number of aliphatic imine (C=N–C) groups is 2. The highest BCUT2D eigenvalue weighted by Gasteiger charge is 2.34. The smallest absolute Gasteiger partial charge is 0.325 e. The molecule has 0 bridgehead atoms. The summed E-state index contributed by atoms with van der Waals surface area (Å²) in [4.78, 5) is 26.1. The zero-order chi connectivity index (χ0) is 23.4. The van der Waals surface area contributed by atoms with Crippen LogP contribution in [0.5, 0.6) is 0 Å². The number of nitrogens with zero attached hydrogens (tertiary/aromatic N) is 3. The maximum Gasteiger partial charge on any atom is 0.418 e. The molecule has 0 unspecified atom stereocenters. The van der Waals surface area contributed by atoms with Crippen LogP contribution in [0.25, 0.3) is 0 Å². The molecule has 0 fully saturated rings. The van der Waals surface area contributed by atoms with Crippen molar-refractivity contribution in [1.29, 1.82) is 0 Å². The fraction of sp³-hybridized carbons (Fsp3) is 0.130. The van der Waals surface area contributed by atoms with Crippen LogP contribution in [0, 0.1) is 0 Å². The number of nitrogens with one attached hydrogen (secondary N) is 1. The number of amides is 1. The summed E-state index contributed by atoms with van der Waals surface area (Å²) in [6, 6.07) is 16.0. The van der Waals surface area contributed by atoms with Gasteiger partial charge < -0.3 is 5.32 Å². The summed E-state index contributed by atoms with van der Waals surface area (Å²) in [5.74, 6) is -0.722. The van der Waals surface area contributed by atoms with Crippen LogP contribution in [0.15, 0.2) is 76.8 Å². The minimum atomic E-state index is -4.65. The van der Waals surface area contributed by atoms with Gasteiger partial charge in [-0.25, -0.2) is 9.98 Å². The molecule has 0 saturated carbocycles. The minimum absolute atomic E-state index is 0.0671. The van der Waals surface area contributed by atoms with Crippen molar-refractivity contribution in [2.24, 2.45) is 9.98 Å². The van der Waals surface area contributed by atoms with Crippen LogP contribution in [0.4, 0.5) is 30.2 Å². The molecular formula is C23H16ClF3N4OS. The Balaban J connectivity index is 1.52. The fourth-order valence-corrected chi connectivity index (χ4v) is 4.06. The zero-order valence-electron chi connectivity index (χ0n) is 16.9. The zero-order valence-corrected chi connectivity index (χ0v) is 18.5. The summed E-state index contributed by atoms with van der Waals surface area (Å²) in [7, 11) is 0. The summed E-state index contributed by atoms with van der Waals surface area (Å²) in [5, 5.41) is 2.86. The summed E-state index contributed by atoms with van der Waals surface area (Å²) < 4.78 is 39.9. The van der Waals surface area contributed by atoms with Gasteiger partial charge in [0.25, 0.3) is 0 Å². The van der Waals surface area contributed by atoms with E-state index in [9.17, 15) is 18.0 Å². The van der Waals surface area contributed by atoms with Gasteiger partial charge in [-0.1, -0.05) is 29.8 Å². The Labute approximate surface area is 196 Å². The third kappa shape index (κ3) is 5.80. The third-order valence-corrected chi connectivity index (χ3v) is 5.80. The highest BCUT2D eigenvalue weighted by atomic mass is 35.5. The van der Waals surface area contributed by atoms with Crippen LogP contribution in [0.1, 0.15) is 17.7 Å². The van der Waals surface area contributed by atoms with Crippen molar-refractivity contribution in [3.63, 3.8) is 0 Å². The van der Waals surface area contributed by atoms with Crippen LogP contribution in [-0.4, -0.2) is 27.4 Å². The molecule has 2 aromatic carbocycles. The van der Waals surface area contributed by atoms with E-state index in [2.05, 4.69) is 20.3 Å². The second-order valence-electron chi connectivity index (χ2n) is 6.97. The number of hydrogen-bond donors (Lipinski definition) is 1. The monoisotopic (exact) mass is 488 g/mol. The predicted molar refractivity (Wildman–Crippen MR) is 126 cm³/mol. The van der Waals surface area contributed by atoms with Gasteiger partial charge in [0.2, 0.25) is 5.91 Å². The number of hydrogen-bond acceptors (Lipinski definition) is 5. The molecule has 5 nitrogen and oxygen atoms in total. The van der Waals surface area contributed by atoms with Crippen molar-refractivity contribution in [3.05, 3.63) is 83.1 Å². The summed E-state index contributed by atoms with van der Waals surface area (Å²) >= 11 is 6.83. The third-order valence-electron chi connectivity index (χ3n) is 4.59. The number of thioether (sulfide) groups is 1. The number of carbonyl (C=O) groups excluding carboxylic acids is 1. The lowest BCUT2D eigenvalue weighted by molar-refractivity contribution is -0.137. The highest BCUT2D eigenvalue weighted by molar-refractivity contribution is 8.14. The molecule has 10 heteroatoms. The average molecular weight is 489 g/mol. The molecule has 0 aliphatic carbocycles. The predicted octanol–water partition coefficient (Wildman–Crippen LogP) is 6.68. The molecule has 1 aliphatic rings. The number of anilines is 1. The molecular weight excluding hydrogens is 473 g/mol. The molecule has 33 heavy (non-hydrogen) atoms. The standard InChI is InChI=1S/C23H16ClF3N4OS/c24-14-8-9-16(15(11-14)23(25,26)27)30-21(32)13-33-22-12-20(17-5-3-4-10-28-17)29-18-6-1-2-7-19(18)31-22/h1-11H,12-13H2,(H,30,32). The van der Waals surface area contributed by atoms with Gasteiger partial charge >= 0.3 is 6.18 Å². The number of aromatic nitrogens is 1. The molecule has 168 valence electrons. The first-order valence-corrected chi connectivity index (χ1v) is 11.1. The van der Waals surface area contributed by atoms with E-state index >= 15 is 0 Å².